The van der Waals surface area contributed by atoms with Gasteiger partial charge in [-0.05, 0) is 39.6 Å². The molecule has 0 aliphatic carbocycles. The molecule has 1 aromatic heterocycles. The highest BCUT2D eigenvalue weighted by molar-refractivity contribution is 9.10. The molecule has 3 rings (SSSR count). The third-order valence-corrected chi connectivity index (χ3v) is 4.37. The lowest BCUT2D eigenvalue weighted by Gasteiger charge is -2.13. The van der Waals surface area contributed by atoms with Crippen LogP contribution in [0.25, 0.3) is 10.8 Å². The Kier molecular flexibility index (Phi) is 4.40. The number of anilines is 1. The van der Waals surface area contributed by atoms with Gasteiger partial charge in [0.2, 0.25) is 0 Å². The van der Waals surface area contributed by atoms with E-state index in [1.807, 2.05) is 36.0 Å². The molecule has 22 heavy (non-hydrogen) atoms. The quantitative estimate of drug-likeness (QED) is 0.683. The second-order valence-corrected chi connectivity index (χ2v) is 6.16. The van der Waals surface area contributed by atoms with Crippen molar-refractivity contribution < 1.29 is 0 Å². The molecule has 0 saturated carbocycles. The van der Waals surface area contributed by atoms with Crippen LogP contribution in [0, 0.1) is 0 Å². The topological polar surface area (TPSA) is 41.9 Å². The van der Waals surface area contributed by atoms with E-state index in [0.29, 0.717) is 11.7 Å². The van der Waals surface area contributed by atoms with Crippen molar-refractivity contribution in [1.29, 1.82) is 0 Å². The number of rotatable bonds is 3. The van der Waals surface area contributed by atoms with Gasteiger partial charge in [0.25, 0.3) is 0 Å². The van der Waals surface area contributed by atoms with E-state index in [0.717, 1.165) is 21.2 Å². The Morgan fingerprint density at radius 2 is 2.00 bits per heavy atom. The lowest BCUT2D eigenvalue weighted by atomic mass is 10.1. The van der Waals surface area contributed by atoms with Gasteiger partial charge in [0, 0.05) is 18.1 Å². The zero-order chi connectivity index (χ0) is 15.5. The van der Waals surface area contributed by atoms with Crippen LogP contribution in [0.4, 0.5) is 5.69 Å². The van der Waals surface area contributed by atoms with E-state index in [-0.39, 0.29) is 0 Å². The maximum Gasteiger partial charge on any atom is 0.171 e. The zero-order valence-electron chi connectivity index (χ0n) is 12.0. The maximum atomic E-state index is 5.39. The van der Waals surface area contributed by atoms with Gasteiger partial charge in [-0.3, -0.25) is 4.68 Å². The zero-order valence-corrected chi connectivity index (χ0v) is 14.4. The van der Waals surface area contributed by atoms with Crippen LogP contribution in [0.3, 0.4) is 0 Å². The summed E-state index contributed by atoms with van der Waals surface area (Å²) < 4.78 is 2.79. The van der Waals surface area contributed by atoms with Crippen molar-refractivity contribution in [3.8, 4) is 0 Å². The molecule has 0 spiro atoms. The predicted octanol–water partition coefficient (Wildman–Crippen LogP) is 3.82. The normalized spacial score (nSPS) is 10.6. The van der Waals surface area contributed by atoms with Crippen molar-refractivity contribution in [2.75, 3.05) is 5.32 Å². The summed E-state index contributed by atoms with van der Waals surface area (Å²) in [5, 5.41) is 13.6. The van der Waals surface area contributed by atoms with Crippen LogP contribution in [0.2, 0.25) is 0 Å². The molecule has 2 N–H and O–H groups in total. The van der Waals surface area contributed by atoms with E-state index >= 15 is 0 Å². The largest absolute Gasteiger partial charge is 0.357 e. The first-order chi connectivity index (χ1) is 10.6. The molecule has 0 bridgehead atoms. The highest BCUT2D eigenvalue weighted by Crippen LogP contribution is 2.22. The molecule has 1 heterocycles. The van der Waals surface area contributed by atoms with Crippen LogP contribution < -0.4 is 10.6 Å². The summed E-state index contributed by atoms with van der Waals surface area (Å²) >= 11 is 8.87. The fourth-order valence-corrected chi connectivity index (χ4v) is 2.97. The number of hydrogen-bond acceptors (Lipinski definition) is 2. The van der Waals surface area contributed by atoms with Gasteiger partial charge in [-0.15, -0.1) is 0 Å². The van der Waals surface area contributed by atoms with Gasteiger partial charge in [0.05, 0.1) is 22.9 Å². The minimum absolute atomic E-state index is 0.587. The van der Waals surface area contributed by atoms with Gasteiger partial charge in [-0.2, -0.15) is 5.10 Å². The number of nitrogens with one attached hydrogen (secondary N) is 2. The number of aromatic nitrogens is 2. The third kappa shape index (κ3) is 3.13. The van der Waals surface area contributed by atoms with Crippen molar-refractivity contribution in [3.05, 3.63) is 58.8 Å². The fraction of sp³-hybridized carbons (Fsp3) is 0.125. The predicted molar refractivity (Wildman–Crippen MR) is 97.9 cm³/mol. The van der Waals surface area contributed by atoms with Gasteiger partial charge in [0.1, 0.15) is 0 Å². The molecule has 0 aliphatic heterocycles. The van der Waals surface area contributed by atoms with Crippen molar-refractivity contribution in [3.63, 3.8) is 0 Å². The Morgan fingerprint density at radius 1 is 1.23 bits per heavy atom. The molecule has 2 aromatic carbocycles. The van der Waals surface area contributed by atoms with Crippen LogP contribution in [-0.2, 0) is 13.6 Å². The highest BCUT2D eigenvalue weighted by atomic mass is 79.9. The number of fused-ring (bicyclic) bond motifs is 1. The Balaban J connectivity index is 1.71. The number of benzene rings is 2. The molecule has 0 amide bonds. The van der Waals surface area contributed by atoms with Crippen LogP contribution in [0.5, 0.6) is 0 Å². The van der Waals surface area contributed by atoms with Crippen molar-refractivity contribution >= 4 is 49.7 Å². The van der Waals surface area contributed by atoms with Crippen molar-refractivity contribution in [2.24, 2.45) is 7.05 Å². The van der Waals surface area contributed by atoms with Crippen molar-refractivity contribution in [1.82, 2.24) is 15.1 Å². The monoisotopic (exact) mass is 374 g/mol. The lowest BCUT2D eigenvalue weighted by Crippen LogP contribution is -2.28. The Labute approximate surface area is 142 Å². The summed E-state index contributed by atoms with van der Waals surface area (Å²) in [6.07, 6.45) is 1.78. The van der Waals surface area contributed by atoms with Gasteiger partial charge in [0.15, 0.2) is 5.11 Å². The molecule has 112 valence electrons. The minimum atomic E-state index is 0.587. The van der Waals surface area contributed by atoms with E-state index in [4.69, 9.17) is 12.2 Å². The second-order valence-electron chi connectivity index (χ2n) is 4.90. The summed E-state index contributed by atoms with van der Waals surface area (Å²) in [4.78, 5) is 0. The van der Waals surface area contributed by atoms with Crippen LogP contribution >= 0.6 is 28.1 Å². The molecule has 0 aliphatic rings. The molecule has 0 saturated heterocycles. The third-order valence-electron chi connectivity index (χ3n) is 3.46. The van der Waals surface area contributed by atoms with E-state index in [9.17, 15) is 0 Å². The Morgan fingerprint density at radius 3 is 2.77 bits per heavy atom. The minimum Gasteiger partial charge on any atom is -0.357 e. The van der Waals surface area contributed by atoms with E-state index < -0.39 is 0 Å². The maximum absolute atomic E-state index is 5.39. The second kappa shape index (κ2) is 6.46. The summed E-state index contributed by atoms with van der Waals surface area (Å²) in [6, 6.07) is 14.4. The summed E-state index contributed by atoms with van der Waals surface area (Å²) in [5.74, 6) is 0. The van der Waals surface area contributed by atoms with Gasteiger partial charge in [-0.25, -0.2) is 0 Å². The number of halogens is 1. The van der Waals surface area contributed by atoms with E-state index in [2.05, 4.69) is 49.9 Å². The highest BCUT2D eigenvalue weighted by Gasteiger charge is 2.07. The lowest BCUT2D eigenvalue weighted by molar-refractivity contribution is 0.693. The van der Waals surface area contributed by atoms with Crippen LogP contribution in [0.15, 0.2) is 53.1 Å². The molecular formula is C16H15BrN4S. The number of thiocarbonyl (C=S) groups is 1. The summed E-state index contributed by atoms with van der Waals surface area (Å²) in [5.41, 5.74) is 2.04. The number of nitrogens with zero attached hydrogens (tertiary/aromatic N) is 2. The molecule has 3 aromatic rings. The van der Waals surface area contributed by atoms with Gasteiger partial charge < -0.3 is 10.6 Å². The number of aryl methyl sites for hydroxylation is 1. The summed E-state index contributed by atoms with van der Waals surface area (Å²) in [6.45, 7) is 0.605. The fourth-order valence-electron chi connectivity index (χ4n) is 2.30. The number of hydrogen-bond donors (Lipinski definition) is 2. The Hall–Kier alpha value is -1.92. The molecule has 0 fully saturated rings. The molecule has 0 atom stereocenters. The molecule has 4 nitrogen and oxygen atoms in total. The van der Waals surface area contributed by atoms with Gasteiger partial charge in [-0.1, -0.05) is 36.4 Å². The van der Waals surface area contributed by atoms with E-state index in [1.165, 1.54) is 5.39 Å². The van der Waals surface area contributed by atoms with E-state index in [1.54, 1.807) is 6.20 Å². The first-order valence-corrected chi connectivity index (χ1v) is 8.04. The average molecular weight is 375 g/mol. The standard InChI is InChI=1S/C16H15BrN4S/c1-21-15(13(17)9-19-21)10-18-16(22)20-14-8-4-6-11-5-2-3-7-12(11)14/h2-9H,10H2,1H3,(H2,18,20,22). The molecule has 6 heteroatoms. The molecule has 0 radical (unpaired) electrons. The smallest absolute Gasteiger partial charge is 0.171 e. The first-order valence-electron chi connectivity index (χ1n) is 6.84. The SMILES string of the molecule is Cn1ncc(Br)c1CNC(=S)Nc1cccc2ccccc12. The van der Waals surface area contributed by atoms with Crippen LogP contribution in [0.1, 0.15) is 5.69 Å². The van der Waals surface area contributed by atoms with Crippen LogP contribution in [-0.4, -0.2) is 14.9 Å². The first kappa shape index (κ1) is 15.0. The summed E-state index contributed by atoms with van der Waals surface area (Å²) in [7, 11) is 1.91. The molecular weight excluding hydrogens is 360 g/mol. The Bertz CT molecular complexity index is 803. The average Bonchev–Trinajstić information content (AvgIpc) is 2.84. The molecule has 0 unspecified atom stereocenters. The van der Waals surface area contributed by atoms with Gasteiger partial charge >= 0.3 is 0 Å². The van der Waals surface area contributed by atoms with Crippen molar-refractivity contribution in [2.45, 2.75) is 6.54 Å².